The van der Waals surface area contributed by atoms with Crippen LogP contribution in [0.4, 0.5) is 5.69 Å². The lowest BCUT2D eigenvalue weighted by molar-refractivity contribution is 0.103. The molecule has 2 N–H and O–H groups in total. The average Bonchev–Trinajstić information content (AvgIpc) is 2.40. The van der Waals surface area contributed by atoms with E-state index in [-0.39, 0.29) is 5.78 Å². The van der Waals surface area contributed by atoms with E-state index in [1.807, 2.05) is 26.0 Å². The van der Waals surface area contributed by atoms with Crippen molar-refractivity contribution in [3.63, 3.8) is 0 Å². The number of nitrogen functional groups attached to an aromatic ring is 1. The number of benzene rings is 2. The van der Waals surface area contributed by atoms with Gasteiger partial charge in [0.15, 0.2) is 5.78 Å². The van der Waals surface area contributed by atoms with Gasteiger partial charge in [0, 0.05) is 21.3 Å². The van der Waals surface area contributed by atoms with Crippen molar-refractivity contribution in [2.24, 2.45) is 0 Å². The molecule has 0 aliphatic carbocycles. The quantitative estimate of drug-likeness (QED) is 0.684. The molecule has 3 nitrogen and oxygen atoms in total. The number of methoxy groups -OCH3 is 1. The first-order valence-corrected chi connectivity index (χ1v) is 6.98. The number of aryl methyl sites for hydroxylation is 2. The van der Waals surface area contributed by atoms with Crippen molar-refractivity contribution >= 4 is 27.4 Å². The Bertz CT molecular complexity index is 657. The topological polar surface area (TPSA) is 52.3 Å². The molecule has 0 aromatic heterocycles. The lowest BCUT2D eigenvalue weighted by Crippen LogP contribution is -2.05. The van der Waals surface area contributed by atoms with Crippen LogP contribution >= 0.6 is 15.9 Å². The van der Waals surface area contributed by atoms with Crippen LogP contribution in [0.15, 0.2) is 34.8 Å². The summed E-state index contributed by atoms with van der Waals surface area (Å²) in [5, 5.41) is 0. The largest absolute Gasteiger partial charge is 0.496 e. The summed E-state index contributed by atoms with van der Waals surface area (Å²) in [5.41, 5.74) is 9.40. The number of halogens is 1. The molecule has 0 unspecified atom stereocenters. The lowest BCUT2D eigenvalue weighted by Gasteiger charge is -2.11. The number of anilines is 1. The van der Waals surface area contributed by atoms with Gasteiger partial charge in [-0.1, -0.05) is 15.9 Å². The zero-order valence-corrected chi connectivity index (χ0v) is 13.2. The number of hydrogen-bond acceptors (Lipinski definition) is 3. The van der Waals surface area contributed by atoms with Crippen molar-refractivity contribution in [1.82, 2.24) is 0 Å². The van der Waals surface area contributed by atoms with Crippen LogP contribution in [0.1, 0.15) is 27.0 Å². The van der Waals surface area contributed by atoms with Gasteiger partial charge >= 0.3 is 0 Å². The van der Waals surface area contributed by atoms with Crippen molar-refractivity contribution in [3.05, 3.63) is 57.1 Å². The Balaban J connectivity index is 2.51. The Hall–Kier alpha value is -1.81. The van der Waals surface area contributed by atoms with E-state index in [1.54, 1.807) is 25.3 Å². The van der Waals surface area contributed by atoms with Gasteiger partial charge in [0.1, 0.15) is 5.75 Å². The highest BCUT2D eigenvalue weighted by molar-refractivity contribution is 9.10. The molecule has 2 rings (SSSR count). The smallest absolute Gasteiger partial charge is 0.194 e. The van der Waals surface area contributed by atoms with Gasteiger partial charge in [-0.25, -0.2) is 0 Å². The molecule has 0 bridgehead atoms. The fraction of sp³-hybridized carbons (Fsp3) is 0.188. The molecule has 0 spiro atoms. The summed E-state index contributed by atoms with van der Waals surface area (Å²) in [6, 6.07) is 8.89. The second kappa shape index (κ2) is 5.67. The zero-order chi connectivity index (χ0) is 14.9. The Morgan fingerprint density at radius 2 is 1.75 bits per heavy atom. The third-order valence-corrected chi connectivity index (χ3v) is 3.85. The van der Waals surface area contributed by atoms with E-state index in [1.165, 1.54) is 0 Å². The van der Waals surface area contributed by atoms with Crippen molar-refractivity contribution in [1.29, 1.82) is 0 Å². The summed E-state index contributed by atoms with van der Waals surface area (Å²) < 4.78 is 6.06. The van der Waals surface area contributed by atoms with Crippen LogP contribution in [-0.2, 0) is 0 Å². The molecular weight excluding hydrogens is 318 g/mol. The summed E-state index contributed by atoms with van der Waals surface area (Å²) >= 11 is 3.39. The maximum absolute atomic E-state index is 12.6. The summed E-state index contributed by atoms with van der Waals surface area (Å²) in [5.74, 6) is 0.756. The van der Waals surface area contributed by atoms with E-state index in [0.29, 0.717) is 16.8 Å². The van der Waals surface area contributed by atoms with Crippen LogP contribution in [0.2, 0.25) is 0 Å². The summed E-state index contributed by atoms with van der Waals surface area (Å²) in [4.78, 5) is 12.6. The third kappa shape index (κ3) is 2.70. The first-order chi connectivity index (χ1) is 9.43. The van der Waals surface area contributed by atoms with Crippen LogP contribution < -0.4 is 10.5 Å². The second-order valence-electron chi connectivity index (χ2n) is 4.71. The van der Waals surface area contributed by atoms with E-state index >= 15 is 0 Å². The minimum absolute atomic E-state index is 0.0574. The van der Waals surface area contributed by atoms with Crippen molar-refractivity contribution in [2.45, 2.75) is 13.8 Å². The first-order valence-electron chi connectivity index (χ1n) is 6.19. The van der Waals surface area contributed by atoms with Crippen molar-refractivity contribution < 1.29 is 9.53 Å². The maximum Gasteiger partial charge on any atom is 0.194 e. The third-order valence-electron chi connectivity index (χ3n) is 3.16. The molecule has 2 aromatic carbocycles. The molecule has 4 heteroatoms. The van der Waals surface area contributed by atoms with Gasteiger partial charge in [-0.2, -0.15) is 0 Å². The fourth-order valence-electron chi connectivity index (χ4n) is 2.28. The number of carbonyl (C=O) groups is 1. The molecule has 20 heavy (non-hydrogen) atoms. The van der Waals surface area contributed by atoms with E-state index in [4.69, 9.17) is 10.5 Å². The van der Waals surface area contributed by atoms with E-state index < -0.39 is 0 Å². The van der Waals surface area contributed by atoms with Crippen LogP contribution in [0.3, 0.4) is 0 Å². The van der Waals surface area contributed by atoms with Crippen molar-refractivity contribution in [2.75, 3.05) is 12.8 Å². The van der Waals surface area contributed by atoms with Crippen molar-refractivity contribution in [3.8, 4) is 5.75 Å². The lowest BCUT2D eigenvalue weighted by atomic mass is 9.98. The van der Waals surface area contributed by atoms with Crippen LogP contribution in [-0.4, -0.2) is 12.9 Å². The van der Waals surface area contributed by atoms with Crippen LogP contribution in [0, 0.1) is 13.8 Å². The Kier molecular flexibility index (Phi) is 4.14. The Morgan fingerprint density at radius 3 is 2.30 bits per heavy atom. The number of hydrogen-bond donors (Lipinski definition) is 1. The summed E-state index contributed by atoms with van der Waals surface area (Å²) in [7, 11) is 1.63. The molecule has 0 saturated heterocycles. The molecule has 0 fully saturated rings. The molecule has 0 heterocycles. The molecule has 2 aromatic rings. The molecule has 0 saturated carbocycles. The number of ether oxygens (including phenoxy) is 1. The minimum Gasteiger partial charge on any atom is -0.496 e. The van der Waals surface area contributed by atoms with Gasteiger partial charge < -0.3 is 10.5 Å². The van der Waals surface area contributed by atoms with Gasteiger partial charge in [0.2, 0.25) is 0 Å². The van der Waals surface area contributed by atoms with Crippen LogP contribution in [0.5, 0.6) is 5.75 Å². The first kappa shape index (κ1) is 14.6. The Labute approximate surface area is 126 Å². The van der Waals surface area contributed by atoms with E-state index in [9.17, 15) is 4.79 Å². The number of rotatable bonds is 3. The molecule has 0 atom stereocenters. The average molecular weight is 334 g/mol. The monoisotopic (exact) mass is 333 g/mol. The van der Waals surface area contributed by atoms with E-state index in [2.05, 4.69) is 15.9 Å². The fourth-order valence-corrected chi connectivity index (χ4v) is 2.70. The standard InChI is InChI=1S/C16H16BrNO2/c1-9-6-11(7-10(2)16(9)20-3)15(19)13-8-12(18)4-5-14(13)17/h4-8H,18H2,1-3H3. The molecule has 0 aliphatic heterocycles. The second-order valence-corrected chi connectivity index (χ2v) is 5.57. The van der Waals surface area contributed by atoms with Gasteiger partial charge in [-0.05, 0) is 55.3 Å². The molecule has 104 valence electrons. The van der Waals surface area contributed by atoms with Gasteiger partial charge in [-0.15, -0.1) is 0 Å². The van der Waals surface area contributed by atoms with Gasteiger partial charge in [0.25, 0.3) is 0 Å². The normalized spacial score (nSPS) is 10.4. The number of nitrogens with two attached hydrogens (primary N) is 1. The summed E-state index contributed by atoms with van der Waals surface area (Å²) in [6.07, 6.45) is 0. The molecule has 0 radical (unpaired) electrons. The van der Waals surface area contributed by atoms with Gasteiger partial charge in [-0.3, -0.25) is 4.79 Å². The highest BCUT2D eigenvalue weighted by atomic mass is 79.9. The summed E-state index contributed by atoms with van der Waals surface area (Å²) in [6.45, 7) is 3.86. The molecule has 0 amide bonds. The highest BCUT2D eigenvalue weighted by Gasteiger charge is 2.15. The van der Waals surface area contributed by atoms with E-state index in [0.717, 1.165) is 21.3 Å². The number of ketones is 1. The molecule has 0 aliphatic rings. The zero-order valence-electron chi connectivity index (χ0n) is 11.7. The predicted octanol–water partition coefficient (Wildman–Crippen LogP) is 3.89. The maximum atomic E-state index is 12.6. The molecular formula is C16H16BrNO2. The number of carbonyl (C=O) groups excluding carboxylic acids is 1. The Morgan fingerprint density at radius 1 is 1.15 bits per heavy atom. The van der Waals surface area contributed by atoms with Gasteiger partial charge in [0.05, 0.1) is 7.11 Å². The highest BCUT2D eigenvalue weighted by Crippen LogP contribution is 2.28. The predicted molar refractivity (Wildman–Crippen MR) is 84.5 cm³/mol. The minimum atomic E-state index is -0.0574. The van der Waals surface area contributed by atoms with Crippen LogP contribution in [0.25, 0.3) is 0 Å². The SMILES string of the molecule is COc1c(C)cc(C(=O)c2cc(N)ccc2Br)cc1C.